The highest BCUT2D eigenvalue weighted by molar-refractivity contribution is 7.87. The van der Waals surface area contributed by atoms with Gasteiger partial charge in [0, 0.05) is 35.0 Å². The quantitative estimate of drug-likeness (QED) is 0.753. The first-order valence-electron chi connectivity index (χ1n) is 9.02. The van der Waals surface area contributed by atoms with Crippen LogP contribution >= 0.6 is 11.6 Å². The van der Waals surface area contributed by atoms with Gasteiger partial charge in [0.2, 0.25) is 0 Å². The predicted octanol–water partition coefficient (Wildman–Crippen LogP) is 4.65. The van der Waals surface area contributed by atoms with E-state index >= 15 is 0 Å². The van der Waals surface area contributed by atoms with Crippen molar-refractivity contribution in [1.29, 1.82) is 0 Å². The highest BCUT2D eigenvalue weighted by Gasteiger charge is 2.42. The Hall–Kier alpha value is -1.85. The van der Waals surface area contributed by atoms with Crippen molar-refractivity contribution in [2.45, 2.75) is 36.3 Å². The van der Waals surface area contributed by atoms with Crippen molar-refractivity contribution >= 4 is 34.1 Å². The lowest BCUT2D eigenvalue weighted by atomic mass is 9.80. The minimum Gasteiger partial charge on any atom is -0.369 e. The molecule has 0 amide bonds. The second-order valence-corrected chi connectivity index (χ2v) is 9.24. The summed E-state index contributed by atoms with van der Waals surface area (Å²) >= 11 is 6.86. The molecule has 1 fully saturated rings. The Morgan fingerprint density at radius 1 is 1.19 bits per heavy atom. The van der Waals surface area contributed by atoms with Crippen LogP contribution in [0.15, 0.2) is 42.6 Å². The molecule has 26 heavy (non-hydrogen) atoms. The van der Waals surface area contributed by atoms with Gasteiger partial charge in [-0.3, -0.25) is 0 Å². The van der Waals surface area contributed by atoms with E-state index in [2.05, 4.69) is 27.2 Å². The molecule has 2 heterocycles. The first-order valence-corrected chi connectivity index (χ1v) is 10.6. The fraction of sp³-hybridized carbons (Fsp3) is 0.350. The van der Waals surface area contributed by atoms with Crippen LogP contribution in [0.3, 0.4) is 0 Å². The monoisotopic (exact) mass is 385 g/mol. The van der Waals surface area contributed by atoms with Gasteiger partial charge in [0.1, 0.15) is 16.8 Å². The lowest BCUT2D eigenvalue weighted by Gasteiger charge is -2.24. The second-order valence-electron chi connectivity index (χ2n) is 7.40. The summed E-state index contributed by atoms with van der Waals surface area (Å²) in [4.78, 5) is 4.63. The van der Waals surface area contributed by atoms with E-state index in [1.807, 2.05) is 30.5 Å². The summed E-state index contributed by atoms with van der Waals surface area (Å²) in [6.07, 6.45) is 10.4. The van der Waals surface area contributed by atoms with Gasteiger partial charge in [0.05, 0.1) is 10.3 Å². The third kappa shape index (κ3) is 2.65. The number of hydrogen-bond acceptors (Lipinski definition) is 3. The Labute approximate surface area is 160 Å². The van der Waals surface area contributed by atoms with Gasteiger partial charge in [-0.05, 0) is 43.4 Å². The van der Waals surface area contributed by atoms with Crippen LogP contribution < -0.4 is 10.0 Å². The summed E-state index contributed by atoms with van der Waals surface area (Å²) in [5.74, 6) is 0.917. The molecule has 3 aliphatic rings. The number of benzene rings is 1. The molecule has 2 aliphatic carbocycles. The molecule has 1 aliphatic heterocycles. The molecule has 1 aromatic heterocycles. The van der Waals surface area contributed by atoms with E-state index in [-0.39, 0.29) is 5.41 Å². The van der Waals surface area contributed by atoms with Crippen LogP contribution in [0, 0.1) is 0 Å². The van der Waals surface area contributed by atoms with Crippen molar-refractivity contribution in [1.82, 2.24) is 4.98 Å². The SMILES string of the molecule is O=S(Nc1ccc(-c2cnc3c(c2Cl)C2(CC=CC2)CN3)cc1)C1CC1. The molecular formula is C20H20ClN3OS. The van der Waals surface area contributed by atoms with Crippen LogP contribution in [0.5, 0.6) is 0 Å². The van der Waals surface area contributed by atoms with E-state index in [9.17, 15) is 4.21 Å². The van der Waals surface area contributed by atoms with E-state index in [4.69, 9.17) is 11.6 Å². The van der Waals surface area contributed by atoms with Crippen LogP contribution in [-0.4, -0.2) is 21.0 Å². The van der Waals surface area contributed by atoms with E-state index in [1.165, 1.54) is 0 Å². The summed E-state index contributed by atoms with van der Waals surface area (Å²) in [5, 5.41) is 4.53. The average molecular weight is 386 g/mol. The van der Waals surface area contributed by atoms with Crippen molar-refractivity contribution in [3.63, 3.8) is 0 Å². The minimum absolute atomic E-state index is 0.0537. The molecule has 1 atom stereocenters. The van der Waals surface area contributed by atoms with Gasteiger partial charge in [0.25, 0.3) is 0 Å². The molecule has 4 nitrogen and oxygen atoms in total. The highest BCUT2D eigenvalue weighted by atomic mass is 35.5. The van der Waals surface area contributed by atoms with Crippen molar-refractivity contribution in [3.8, 4) is 11.1 Å². The predicted molar refractivity (Wildman–Crippen MR) is 108 cm³/mol. The number of halogens is 1. The molecular weight excluding hydrogens is 366 g/mol. The second kappa shape index (κ2) is 6.10. The third-order valence-corrected chi connectivity index (χ3v) is 7.47. The first kappa shape index (κ1) is 16.3. The molecule has 2 N–H and O–H groups in total. The number of fused-ring (bicyclic) bond motifs is 2. The largest absolute Gasteiger partial charge is 0.369 e. The van der Waals surface area contributed by atoms with Gasteiger partial charge < -0.3 is 10.0 Å². The van der Waals surface area contributed by atoms with Crippen LogP contribution in [0.2, 0.25) is 5.02 Å². The Morgan fingerprint density at radius 3 is 2.62 bits per heavy atom. The maximum absolute atomic E-state index is 12.0. The van der Waals surface area contributed by atoms with Gasteiger partial charge in [-0.15, -0.1) is 0 Å². The van der Waals surface area contributed by atoms with Gasteiger partial charge in [0.15, 0.2) is 0 Å². The molecule has 0 radical (unpaired) electrons. The molecule has 0 bridgehead atoms. The van der Waals surface area contributed by atoms with Gasteiger partial charge in [-0.2, -0.15) is 0 Å². The lowest BCUT2D eigenvalue weighted by molar-refractivity contribution is 0.509. The zero-order chi connectivity index (χ0) is 17.7. The maximum atomic E-state index is 12.0. The zero-order valence-electron chi connectivity index (χ0n) is 14.3. The van der Waals surface area contributed by atoms with E-state index in [1.54, 1.807) is 0 Å². The number of pyridine rings is 1. The smallest absolute Gasteiger partial charge is 0.131 e. The van der Waals surface area contributed by atoms with Gasteiger partial charge in [-0.1, -0.05) is 35.9 Å². The summed E-state index contributed by atoms with van der Waals surface area (Å²) in [6.45, 7) is 0.890. The third-order valence-electron chi connectivity index (χ3n) is 5.57. The topological polar surface area (TPSA) is 54.0 Å². The number of hydrogen-bond donors (Lipinski definition) is 2. The molecule has 0 saturated heterocycles. The Bertz CT molecular complexity index is 913. The zero-order valence-corrected chi connectivity index (χ0v) is 15.9. The molecule has 134 valence electrons. The number of rotatable bonds is 4. The van der Waals surface area contributed by atoms with Crippen LogP contribution in [0.4, 0.5) is 11.5 Å². The average Bonchev–Trinajstić information content (AvgIpc) is 3.30. The van der Waals surface area contributed by atoms with Gasteiger partial charge in [-0.25, -0.2) is 9.19 Å². The lowest BCUT2D eigenvalue weighted by Crippen LogP contribution is -2.25. The summed E-state index contributed by atoms with van der Waals surface area (Å²) in [5.41, 5.74) is 4.07. The fourth-order valence-corrected chi connectivity index (χ4v) is 5.45. The Balaban J connectivity index is 1.46. The number of nitrogens with one attached hydrogen (secondary N) is 2. The minimum atomic E-state index is -0.977. The van der Waals surface area contributed by atoms with E-state index in [0.29, 0.717) is 5.25 Å². The Kier molecular flexibility index (Phi) is 3.83. The highest BCUT2D eigenvalue weighted by Crippen LogP contribution is 2.49. The molecule has 1 spiro atoms. The molecule has 5 rings (SSSR count). The van der Waals surface area contributed by atoms with Crippen LogP contribution in [-0.2, 0) is 16.4 Å². The van der Waals surface area contributed by atoms with Crippen molar-refractivity contribution < 1.29 is 4.21 Å². The van der Waals surface area contributed by atoms with E-state index in [0.717, 1.165) is 65.4 Å². The standard InChI is InChI=1S/C20H20ClN3OS/c21-18-16(11-22-19-17(18)20(12-23-19)9-1-2-10-20)13-3-5-14(6-4-13)24-26(25)15-7-8-15/h1-6,11,15,24H,7-10,12H2,(H,22,23). The summed E-state index contributed by atoms with van der Waals surface area (Å²) in [7, 11) is -0.977. The molecule has 6 heteroatoms. The van der Waals surface area contributed by atoms with E-state index < -0.39 is 11.0 Å². The van der Waals surface area contributed by atoms with Crippen LogP contribution in [0.1, 0.15) is 31.2 Å². The molecule has 1 aromatic carbocycles. The van der Waals surface area contributed by atoms with Crippen LogP contribution in [0.25, 0.3) is 11.1 Å². The van der Waals surface area contributed by atoms with Crippen molar-refractivity contribution in [2.24, 2.45) is 0 Å². The normalized spacial score (nSPS) is 20.8. The van der Waals surface area contributed by atoms with Crippen molar-refractivity contribution in [2.75, 3.05) is 16.6 Å². The number of anilines is 2. The Morgan fingerprint density at radius 2 is 1.92 bits per heavy atom. The summed E-state index contributed by atoms with van der Waals surface area (Å²) < 4.78 is 15.1. The molecule has 1 unspecified atom stereocenters. The maximum Gasteiger partial charge on any atom is 0.131 e. The number of allylic oxidation sites excluding steroid dienone is 2. The van der Waals surface area contributed by atoms with Crippen molar-refractivity contribution in [3.05, 3.63) is 53.2 Å². The number of nitrogens with zero attached hydrogens (tertiary/aromatic N) is 1. The summed E-state index contributed by atoms with van der Waals surface area (Å²) in [6, 6.07) is 7.96. The molecule has 1 saturated carbocycles. The first-order chi connectivity index (χ1) is 12.7. The van der Waals surface area contributed by atoms with Gasteiger partial charge >= 0.3 is 0 Å². The molecule has 2 aromatic rings. The number of aromatic nitrogens is 1. The fourth-order valence-electron chi connectivity index (χ4n) is 3.90.